The Morgan fingerprint density at radius 2 is 1.74 bits per heavy atom. The lowest BCUT2D eigenvalue weighted by molar-refractivity contribution is 0.0526. The van der Waals surface area contributed by atoms with E-state index in [9.17, 15) is 4.79 Å². The first kappa shape index (κ1) is 18.4. The van der Waals surface area contributed by atoms with Gasteiger partial charge in [0.1, 0.15) is 6.61 Å². The summed E-state index contributed by atoms with van der Waals surface area (Å²) in [5.41, 5.74) is 3.50. The molecule has 0 unspecified atom stereocenters. The third kappa shape index (κ3) is 5.28. The van der Waals surface area contributed by atoms with Crippen molar-refractivity contribution in [3.63, 3.8) is 0 Å². The lowest BCUT2D eigenvalue weighted by Crippen LogP contribution is -2.03. The van der Waals surface area contributed by atoms with E-state index in [2.05, 4.69) is 4.98 Å². The first-order valence-corrected chi connectivity index (χ1v) is 8.83. The van der Waals surface area contributed by atoms with Crippen LogP contribution < -0.4 is 4.74 Å². The van der Waals surface area contributed by atoms with Crippen LogP contribution >= 0.6 is 0 Å². The highest BCUT2D eigenvalue weighted by Gasteiger charge is 2.05. The smallest absolute Gasteiger partial charge is 0.338 e. The normalized spacial score (nSPS) is 10.7. The number of hydrogen-bond donors (Lipinski definition) is 0. The van der Waals surface area contributed by atoms with Crippen molar-refractivity contribution in [3.05, 3.63) is 95.2 Å². The predicted octanol–water partition coefficient (Wildman–Crippen LogP) is 5.01. The van der Waals surface area contributed by atoms with E-state index < -0.39 is 0 Å². The monoisotopic (exact) mass is 359 g/mol. The van der Waals surface area contributed by atoms with E-state index in [0.29, 0.717) is 24.7 Å². The summed E-state index contributed by atoms with van der Waals surface area (Å²) in [6, 6.07) is 21.1. The number of ether oxygens (including phenoxy) is 2. The fraction of sp³-hybridized carbons (Fsp3) is 0.130. The average Bonchev–Trinajstić information content (AvgIpc) is 2.72. The summed E-state index contributed by atoms with van der Waals surface area (Å²) in [6.45, 7) is 2.63. The van der Waals surface area contributed by atoms with Crippen LogP contribution in [0.2, 0.25) is 0 Å². The van der Waals surface area contributed by atoms with Gasteiger partial charge in [-0.2, -0.15) is 0 Å². The number of pyridine rings is 1. The molecule has 0 aliphatic heterocycles. The van der Waals surface area contributed by atoms with Gasteiger partial charge in [-0.1, -0.05) is 48.5 Å². The summed E-state index contributed by atoms with van der Waals surface area (Å²) >= 11 is 0. The molecule has 0 spiro atoms. The van der Waals surface area contributed by atoms with E-state index in [1.807, 2.05) is 66.7 Å². The zero-order valence-electron chi connectivity index (χ0n) is 15.2. The fourth-order valence-corrected chi connectivity index (χ4v) is 2.51. The maximum Gasteiger partial charge on any atom is 0.338 e. The van der Waals surface area contributed by atoms with Gasteiger partial charge in [0.05, 0.1) is 12.2 Å². The van der Waals surface area contributed by atoms with Gasteiger partial charge in [-0.15, -0.1) is 0 Å². The summed E-state index contributed by atoms with van der Waals surface area (Å²) in [5, 5.41) is 0. The number of carbonyl (C=O) groups excluding carboxylic acids is 1. The lowest BCUT2D eigenvalue weighted by atomic mass is 10.1. The van der Waals surface area contributed by atoms with Crippen molar-refractivity contribution < 1.29 is 14.3 Å². The third-order valence-electron chi connectivity index (χ3n) is 3.90. The molecule has 4 heteroatoms. The molecule has 1 aromatic heterocycles. The van der Waals surface area contributed by atoms with Gasteiger partial charge < -0.3 is 9.47 Å². The van der Waals surface area contributed by atoms with Crippen LogP contribution in [0.4, 0.5) is 0 Å². The Kier molecular flexibility index (Phi) is 6.36. The molecule has 0 saturated carbocycles. The van der Waals surface area contributed by atoms with Gasteiger partial charge >= 0.3 is 5.97 Å². The number of carbonyl (C=O) groups is 1. The van der Waals surface area contributed by atoms with Crippen LogP contribution in [-0.4, -0.2) is 17.6 Å². The second-order valence-corrected chi connectivity index (χ2v) is 5.85. The van der Waals surface area contributed by atoms with Gasteiger partial charge in [0.2, 0.25) is 5.88 Å². The zero-order valence-corrected chi connectivity index (χ0v) is 15.2. The Labute approximate surface area is 159 Å². The SMILES string of the molecule is CCOC(=O)c1ccc(C=Cc2cccnc2OCc2ccccc2)cc1. The Hall–Kier alpha value is -3.40. The van der Waals surface area contributed by atoms with E-state index in [-0.39, 0.29) is 5.97 Å². The third-order valence-corrected chi connectivity index (χ3v) is 3.90. The summed E-state index contributed by atoms with van der Waals surface area (Å²) in [4.78, 5) is 16.0. The molecule has 0 fully saturated rings. The lowest BCUT2D eigenvalue weighted by Gasteiger charge is -2.08. The van der Waals surface area contributed by atoms with E-state index in [1.165, 1.54) is 0 Å². The van der Waals surface area contributed by atoms with Crippen molar-refractivity contribution in [2.75, 3.05) is 6.61 Å². The van der Waals surface area contributed by atoms with E-state index >= 15 is 0 Å². The number of aromatic nitrogens is 1. The van der Waals surface area contributed by atoms with E-state index in [1.54, 1.807) is 25.3 Å². The van der Waals surface area contributed by atoms with Crippen molar-refractivity contribution >= 4 is 18.1 Å². The van der Waals surface area contributed by atoms with Crippen molar-refractivity contribution in [3.8, 4) is 5.88 Å². The van der Waals surface area contributed by atoms with Gasteiger partial charge in [-0.25, -0.2) is 9.78 Å². The molecule has 0 N–H and O–H groups in total. The highest BCUT2D eigenvalue weighted by molar-refractivity contribution is 5.89. The molecule has 2 aromatic carbocycles. The van der Waals surface area contributed by atoms with Crippen molar-refractivity contribution in [1.29, 1.82) is 0 Å². The van der Waals surface area contributed by atoms with E-state index in [0.717, 1.165) is 16.7 Å². The summed E-state index contributed by atoms with van der Waals surface area (Å²) in [7, 11) is 0. The van der Waals surface area contributed by atoms with Gasteiger partial charge in [-0.3, -0.25) is 0 Å². The first-order valence-electron chi connectivity index (χ1n) is 8.83. The first-order chi connectivity index (χ1) is 13.3. The summed E-state index contributed by atoms with van der Waals surface area (Å²) in [5.74, 6) is 0.276. The largest absolute Gasteiger partial charge is 0.472 e. The molecular formula is C23H21NO3. The molecule has 3 rings (SSSR count). The molecule has 0 aliphatic rings. The molecule has 1 heterocycles. The number of benzene rings is 2. The second-order valence-electron chi connectivity index (χ2n) is 5.85. The Bertz CT molecular complexity index is 902. The molecule has 3 aromatic rings. The molecule has 27 heavy (non-hydrogen) atoms. The van der Waals surface area contributed by atoms with Crippen LogP contribution in [0.5, 0.6) is 5.88 Å². The molecule has 0 radical (unpaired) electrons. The van der Waals surface area contributed by atoms with Gasteiger partial charge in [0, 0.05) is 11.8 Å². The number of esters is 1. The van der Waals surface area contributed by atoms with Crippen molar-refractivity contribution in [1.82, 2.24) is 4.98 Å². The Morgan fingerprint density at radius 1 is 0.963 bits per heavy atom. The summed E-state index contributed by atoms with van der Waals surface area (Å²) in [6.07, 6.45) is 5.62. The summed E-state index contributed by atoms with van der Waals surface area (Å²) < 4.78 is 10.9. The molecule has 0 atom stereocenters. The number of rotatable bonds is 7. The molecule has 4 nitrogen and oxygen atoms in total. The predicted molar refractivity (Wildman–Crippen MR) is 106 cm³/mol. The standard InChI is InChI=1S/C23H21NO3/c1-2-26-23(25)21-14-11-18(12-15-21)10-13-20-9-6-16-24-22(20)27-17-19-7-4-3-5-8-19/h3-16H,2,17H2,1H3. The maximum absolute atomic E-state index is 11.7. The molecule has 0 saturated heterocycles. The van der Waals surface area contributed by atoms with Gasteiger partial charge in [0.15, 0.2) is 0 Å². The molecule has 0 amide bonds. The zero-order chi connectivity index (χ0) is 18.9. The maximum atomic E-state index is 11.7. The molecule has 0 bridgehead atoms. The Balaban J connectivity index is 1.69. The molecule has 136 valence electrons. The quantitative estimate of drug-likeness (QED) is 0.557. The topological polar surface area (TPSA) is 48.4 Å². The molecular weight excluding hydrogens is 338 g/mol. The minimum absolute atomic E-state index is 0.308. The molecule has 0 aliphatic carbocycles. The van der Waals surface area contributed by atoms with Crippen LogP contribution in [0.25, 0.3) is 12.2 Å². The van der Waals surface area contributed by atoms with Gasteiger partial charge in [-0.05, 0) is 48.4 Å². The second kappa shape index (κ2) is 9.34. The van der Waals surface area contributed by atoms with Crippen LogP contribution in [0.3, 0.4) is 0 Å². The minimum atomic E-state index is -0.308. The van der Waals surface area contributed by atoms with Crippen LogP contribution in [0.1, 0.15) is 34.0 Å². The van der Waals surface area contributed by atoms with Crippen LogP contribution in [-0.2, 0) is 11.3 Å². The highest BCUT2D eigenvalue weighted by Crippen LogP contribution is 2.19. The van der Waals surface area contributed by atoms with Crippen molar-refractivity contribution in [2.24, 2.45) is 0 Å². The van der Waals surface area contributed by atoms with Crippen LogP contribution in [0.15, 0.2) is 72.9 Å². The highest BCUT2D eigenvalue weighted by atomic mass is 16.5. The van der Waals surface area contributed by atoms with Crippen molar-refractivity contribution in [2.45, 2.75) is 13.5 Å². The Morgan fingerprint density at radius 3 is 2.48 bits per heavy atom. The minimum Gasteiger partial charge on any atom is -0.472 e. The fourth-order valence-electron chi connectivity index (χ4n) is 2.51. The van der Waals surface area contributed by atoms with E-state index in [4.69, 9.17) is 9.47 Å². The number of hydrogen-bond acceptors (Lipinski definition) is 4. The average molecular weight is 359 g/mol. The number of nitrogens with zero attached hydrogens (tertiary/aromatic N) is 1. The van der Waals surface area contributed by atoms with Gasteiger partial charge in [0.25, 0.3) is 0 Å². The van der Waals surface area contributed by atoms with Crippen LogP contribution in [0, 0.1) is 0 Å².